The molecule has 7 heteroatoms. The molecule has 1 aromatic heterocycles. The molecule has 0 saturated heterocycles. The number of thiophene rings is 1. The average molecular weight is 394 g/mol. The minimum Gasteiger partial charge on any atom is -0.480 e. The number of ether oxygens (including phenoxy) is 1. The van der Waals surface area contributed by atoms with Crippen molar-refractivity contribution in [2.75, 3.05) is 0 Å². The SMILES string of the molecule is CC1([C@H](c2sccc2Cl)[C@H](NC(=O)OCc2ccccc2)C(=O)O)CC1. The van der Waals surface area contributed by atoms with E-state index in [-0.39, 0.29) is 12.0 Å². The molecule has 3 rings (SSSR count). The molecule has 1 aliphatic rings. The lowest BCUT2D eigenvalue weighted by molar-refractivity contribution is -0.140. The molecule has 1 saturated carbocycles. The molecule has 0 aliphatic heterocycles. The molecule has 1 aromatic carbocycles. The van der Waals surface area contributed by atoms with E-state index >= 15 is 0 Å². The lowest BCUT2D eigenvalue weighted by Gasteiger charge is -2.29. The van der Waals surface area contributed by atoms with Crippen LogP contribution in [-0.2, 0) is 16.1 Å². The van der Waals surface area contributed by atoms with Crippen LogP contribution in [0.15, 0.2) is 41.8 Å². The Kier molecular flexibility index (Phi) is 5.53. The van der Waals surface area contributed by atoms with Gasteiger partial charge in [0.05, 0.1) is 5.02 Å². The highest BCUT2D eigenvalue weighted by atomic mass is 35.5. The third kappa shape index (κ3) is 4.19. The summed E-state index contributed by atoms with van der Waals surface area (Å²) >= 11 is 7.69. The molecule has 0 unspecified atom stereocenters. The minimum atomic E-state index is -1.10. The highest BCUT2D eigenvalue weighted by molar-refractivity contribution is 7.10. The summed E-state index contributed by atoms with van der Waals surface area (Å²) in [5.41, 5.74) is 0.645. The van der Waals surface area contributed by atoms with E-state index < -0.39 is 24.0 Å². The van der Waals surface area contributed by atoms with E-state index in [9.17, 15) is 14.7 Å². The van der Waals surface area contributed by atoms with E-state index in [2.05, 4.69) is 5.32 Å². The molecule has 0 radical (unpaired) electrons. The Morgan fingerprint density at radius 3 is 2.54 bits per heavy atom. The third-order valence-corrected chi connectivity index (χ3v) is 6.24. The van der Waals surface area contributed by atoms with Crippen LogP contribution in [0.4, 0.5) is 4.79 Å². The number of nitrogens with one attached hydrogen (secondary N) is 1. The molecule has 0 bridgehead atoms. The Labute approximate surface area is 160 Å². The lowest BCUT2D eigenvalue weighted by atomic mass is 9.83. The maximum Gasteiger partial charge on any atom is 0.408 e. The lowest BCUT2D eigenvalue weighted by Crippen LogP contribution is -2.47. The zero-order valence-electron chi connectivity index (χ0n) is 14.3. The highest BCUT2D eigenvalue weighted by Crippen LogP contribution is 2.58. The first-order valence-corrected chi connectivity index (χ1v) is 9.59. The van der Waals surface area contributed by atoms with E-state index in [1.807, 2.05) is 42.6 Å². The maximum atomic E-state index is 12.2. The van der Waals surface area contributed by atoms with Gasteiger partial charge in [0.1, 0.15) is 12.6 Å². The Morgan fingerprint density at radius 2 is 2.00 bits per heavy atom. The summed E-state index contributed by atoms with van der Waals surface area (Å²) in [5.74, 6) is -1.49. The molecule has 5 nitrogen and oxygen atoms in total. The molecule has 2 aromatic rings. The molecule has 0 spiro atoms. The summed E-state index contributed by atoms with van der Waals surface area (Å²) in [5, 5.41) is 14.7. The normalized spacial score (nSPS) is 17.2. The van der Waals surface area contributed by atoms with E-state index in [0.717, 1.165) is 23.3 Å². The number of alkyl carbamates (subject to hydrolysis) is 1. The summed E-state index contributed by atoms with van der Waals surface area (Å²) < 4.78 is 5.20. The summed E-state index contributed by atoms with van der Waals surface area (Å²) in [6, 6.07) is 9.89. The van der Waals surface area contributed by atoms with Crippen LogP contribution >= 0.6 is 22.9 Å². The fraction of sp³-hybridized carbons (Fsp3) is 0.368. The molecular formula is C19H20ClNO4S. The predicted octanol–water partition coefficient (Wildman–Crippen LogP) is 4.66. The van der Waals surface area contributed by atoms with Crippen molar-refractivity contribution in [1.82, 2.24) is 5.32 Å². The number of hydrogen-bond acceptors (Lipinski definition) is 4. The first-order chi connectivity index (χ1) is 12.4. The van der Waals surface area contributed by atoms with Crippen LogP contribution in [0, 0.1) is 5.41 Å². The van der Waals surface area contributed by atoms with Gasteiger partial charge in [-0.05, 0) is 35.3 Å². The van der Waals surface area contributed by atoms with Crippen LogP contribution in [0.3, 0.4) is 0 Å². The second-order valence-electron chi connectivity index (χ2n) is 6.79. The zero-order chi connectivity index (χ0) is 18.7. The predicted molar refractivity (Wildman–Crippen MR) is 101 cm³/mol. The fourth-order valence-electron chi connectivity index (χ4n) is 3.09. The van der Waals surface area contributed by atoms with Gasteiger partial charge in [-0.25, -0.2) is 9.59 Å². The quantitative estimate of drug-likeness (QED) is 0.717. The first-order valence-electron chi connectivity index (χ1n) is 8.33. The van der Waals surface area contributed by atoms with E-state index in [0.29, 0.717) is 5.02 Å². The van der Waals surface area contributed by atoms with Gasteiger partial charge in [-0.3, -0.25) is 0 Å². The third-order valence-electron chi connectivity index (χ3n) is 4.80. The molecule has 2 atom stereocenters. The Hall–Kier alpha value is -2.05. The van der Waals surface area contributed by atoms with Gasteiger partial charge in [-0.15, -0.1) is 11.3 Å². The molecule has 1 amide bonds. The second-order valence-corrected chi connectivity index (χ2v) is 8.14. The molecule has 1 fully saturated rings. The van der Waals surface area contributed by atoms with Gasteiger partial charge in [-0.2, -0.15) is 0 Å². The molecule has 1 heterocycles. The summed E-state index contributed by atoms with van der Waals surface area (Å²) in [6.45, 7) is 2.11. The molecule has 138 valence electrons. The van der Waals surface area contributed by atoms with Gasteiger partial charge in [0.15, 0.2) is 0 Å². The molecular weight excluding hydrogens is 374 g/mol. The van der Waals surface area contributed by atoms with Crippen molar-refractivity contribution >= 4 is 35.0 Å². The standard InChI is InChI=1S/C19H20ClNO4S/c1-19(8-9-19)14(16-13(20)7-10-26-16)15(17(22)23)21-18(24)25-11-12-5-3-2-4-6-12/h2-7,10,14-15H,8-9,11H2,1H3,(H,21,24)(H,22,23)/t14-,15-/m0/s1. The summed E-state index contributed by atoms with van der Waals surface area (Å²) in [7, 11) is 0. The Balaban J connectivity index is 1.74. The number of aliphatic carboxylic acids is 1. The number of carboxylic acids is 1. The van der Waals surface area contributed by atoms with Gasteiger partial charge in [0.25, 0.3) is 0 Å². The van der Waals surface area contributed by atoms with Gasteiger partial charge < -0.3 is 15.2 Å². The number of hydrogen-bond donors (Lipinski definition) is 2. The highest BCUT2D eigenvalue weighted by Gasteiger charge is 2.52. The number of carbonyl (C=O) groups is 2. The van der Waals surface area contributed by atoms with Gasteiger partial charge in [-0.1, -0.05) is 48.9 Å². The number of benzene rings is 1. The molecule has 26 heavy (non-hydrogen) atoms. The monoisotopic (exact) mass is 393 g/mol. The van der Waals surface area contributed by atoms with Gasteiger partial charge in [0.2, 0.25) is 0 Å². The van der Waals surface area contributed by atoms with Crippen molar-refractivity contribution in [3.63, 3.8) is 0 Å². The van der Waals surface area contributed by atoms with Crippen molar-refractivity contribution < 1.29 is 19.4 Å². The van der Waals surface area contributed by atoms with Gasteiger partial charge >= 0.3 is 12.1 Å². The van der Waals surface area contributed by atoms with Crippen molar-refractivity contribution in [3.05, 3.63) is 57.2 Å². The van der Waals surface area contributed by atoms with Crippen LogP contribution in [-0.4, -0.2) is 23.2 Å². The smallest absolute Gasteiger partial charge is 0.408 e. The second kappa shape index (κ2) is 7.68. The average Bonchev–Trinajstić information content (AvgIpc) is 3.22. The fourth-order valence-corrected chi connectivity index (χ4v) is 4.57. The molecule has 1 aliphatic carbocycles. The number of halogens is 1. The number of carbonyl (C=O) groups excluding carboxylic acids is 1. The van der Waals surface area contributed by atoms with Crippen molar-refractivity contribution in [1.29, 1.82) is 0 Å². The van der Waals surface area contributed by atoms with Crippen LogP contribution in [0.2, 0.25) is 5.02 Å². The van der Waals surface area contributed by atoms with E-state index in [4.69, 9.17) is 16.3 Å². The van der Waals surface area contributed by atoms with Gasteiger partial charge in [0, 0.05) is 10.8 Å². The van der Waals surface area contributed by atoms with E-state index in [1.165, 1.54) is 11.3 Å². The van der Waals surface area contributed by atoms with Crippen LogP contribution < -0.4 is 5.32 Å². The Bertz CT molecular complexity index is 788. The van der Waals surface area contributed by atoms with Crippen LogP contribution in [0.5, 0.6) is 0 Å². The van der Waals surface area contributed by atoms with Crippen LogP contribution in [0.1, 0.15) is 36.1 Å². The maximum absolute atomic E-state index is 12.2. The Morgan fingerprint density at radius 1 is 1.31 bits per heavy atom. The summed E-state index contributed by atoms with van der Waals surface area (Å²) in [4.78, 5) is 24.9. The summed E-state index contributed by atoms with van der Waals surface area (Å²) in [6.07, 6.45) is 1.05. The minimum absolute atomic E-state index is 0.0840. The van der Waals surface area contributed by atoms with Crippen molar-refractivity contribution in [3.8, 4) is 0 Å². The molecule has 2 N–H and O–H groups in total. The van der Waals surface area contributed by atoms with Crippen LogP contribution in [0.25, 0.3) is 0 Å². The number of carboxylic acid groups (broad SMARTS) is 1. The number of amides is 1. The topological polar surface area (TPSA) is 75.6 Å². The van der Waals surface area contributed by atoms with Crippen molar-refractivity contribution in [2.24, 2.45) is 5.41 Å². The number of rotatable bonds is 7. The first kappa shape index (κ1) is 18.7. The van der Waals surface area contributed by atoms with E-state index in [1.54, 1.807) is 6.07 Å². The largest absolute Gasteiger partial charge is 0.480 e. The zero-order valence-corrected chi connectivity index (χ0v) is 15.8. The van der Waals surface area contributed by atoms with Crippen molar-refractivity contribution in [2.45, 2.75) is 38.3 Å².